The van der Waals surface area contributed by atoms with Crippen LogP contribution in [0.1, 0.15) is 0 Å². The molecule has 0 saturated carbocycles. The van der Waals surface area contributed by atoms with Crippen molar-refractivity contribution in [1.29, 1.82) is 0 Å². The number of nitrogens with one attached hydrogen (secondary N) is 1. The van der Waals surface area contributed by atoms with E-state index in [2.05, 4.69) is 44.4 Å². The molecule has 144 valence electrons. The highest BCUT2D eigenvalue weighted by atomic mass is 16.5. The zero-order valence-electron chi connectivity index (χ0n) is 15.6. The molecule has 0 radical (unpaired) electrons. The van der Waals surface area contributed by atoms with Gasteiger partial charge in [-0.15, -0.1) is 0 Å². The molecule has 4 rings (SSSR count). The van der Waals surface area contributed by atoms with Gasteiger partial charge in [-0.1, -0.05) is 18.2 Å². The number of rotatable bonds is 4. The molecule has 3 heterocycles. The number of urea groups is 1. The van der Waals surface area contributed by atoms with Crippen LogP contribution in [0, 0.1) is 0 Å². The van der Waals surface area contributed by atoms with Gasteiger partial charge in [0, 0.05) is 63.9 Å². The Morgan fingerprint density at radius 3 is 2.63 bits per heavy atom. The molecule has 2 aliphatic rings. The first-order valence-electron chi connectivity index (χ1n) is 9.73. The second-order valence-electron chi connectivity index (χ2n) is 7.01. The van der Waals surface area contributed by atoms with Crippen LogP contribution >= 0.6 is 0 Å². The Balaban J connectivity index is 1.27. The van der Waals surface area contributed by atoms with E-state index in [0.717, 1.165) is 75.6 Å². The van der Waals surface area contributed by atoms with Crippen molar-refractivity contribution in [2.75, 3.05) is 70.5 Å². The van der Waals surface area contributed by atoms with Crippen LogP contribution in [-0.4, -0.2) is 86.4 Å². The molecule has 0 aliphatic carbocycles. The van der Waals surface area contributed by atoms with Crippen LogP contribution in [0.3, 0.4) is 0 Å². The summed E-state index contributed by atoms with van der Waals surface area (Å²) < 4.78 is 5.35. The number of carbonyl (C=O) groups excluding carboxylic acids is 1. The van der Waals surface area contributed by atoms with Gasteiger partial charge in [-0.05, 0) is 12.1 Å². The van der Waals surface area contributed by atoms with Crippen molar-refractivity contribution in [3.8, 4) is 0 Å². The summed E-state index contributed by atoms with van der Waals surface area (Å²) in [5.74, 6) is 0. The highest BCUT2D eigenvalue weighted by Gasteiger charge is 2.22. The molecular weight excluding hydrogens is 342 g/mol. The van der Waals surface area contributed by atoms with E-state index >= 15 is 0 Å². The third kappa shape index (κ3) is 4.31. The van der Waals surface area contributed by atoms with Gasteiger partial charge >= 0.3 is 6.03 Å². The number of benzene rings is 1. The molecule has 1 N–H and O–H groups in total. The maximum atomic E-state index is 12.4. The van der Waals surface area contributed by atoms with Crippen molar-refractivity contribution >= 4 is 22.6 Å². The lowest BCUT2D eigenvalue weighted by Crippen LogP contribution is -2.53. The molecule has 2 aliphatic heterocycles. The average molecular weight is 369 g/mol. The number of piperazine rings is 1. The fourth-order valence-corrected chi connectivity index (χ4v) is 3.75. The Morgan fingerprint density at radius 2 is 1.81 bits per heavy atom. The fraction of sp³-hybridized carbons (Fsp3) is 0.500. The molecule has 0 spiro atoms. The van der Waals surface area contributed by atoms with Crippen molar-refractivity contribution in [2.45, 2.75) is 0 Å². The molecule has 7 heteroatoms. The molecule has 1 aromatic heterocycles. The second-order valence-corrected chi connectivity index (χ2v) is 7.01. The Kier molecular flexibility index (Phi) is 5.69. The molecule has 0 bridgehead atoms. The van der Waals surface area contributed by atoms with Crippen molar-refractivity contribution in [1.82, 2.24) is 20.1 Å². The largest absolute Gasteiger partial charge is 0.379 e. The van der Waals surface area contributed by atoms with Crippen LogP contribution in [0.4, 0.5) is 10.5 Å². The lowest BCUT2D eigenvalue weighted by molar-refractivity contribution is 0.0386. The van der Waals surface area contributed by atoms with Gasteiger partial charge in [-0.25, -0.2) is 4.79 Å². The molecule has 1 aromatic carbocycles. The van der Waals surface area contributed by atoms with Crippen LogP contribution in [0.5, 0.6) is 0 Å². The van der Waals surface area contributed by atoms with E-state index in [1.165, 1.54) is 0 Å². The quantitative estimate of drug-likeness (QED) is 0.883. The fourth-order valence-electron chi connectivity index (χ4n) is 3.75. The van der Waals surface area contributed by atoms with Crippen LogP contribution in [0.15, 0.2) is 36.5 Å². The van der Waals surface area contributed by atoms with E-state index in [4.69, 9.17) is 4.74 Å². The number of morpholine rings is 1. The number of hydrogen-bond acceptors (Lipinski definition) is 5. The maximum Gasteiger partial charge on any atom is 0.317 e. The lowest BCUT2D eigenvalue weighted by Gasteiger charge is -2.36. The third-order valence-electron chi connectivity index (χ3n) is 5.33. The number of nitrogens with zero attached hydrogens (tertiary/aromatic N) is 4. The van der Waals surface area contributed by atoms with Crippen molar-refractivity contribution in [2.24, 2.45) is 0 Å². The molecular formula is C20H27N5O2. The first kappa shape index (κ1) is 18.0. The van der Waals surface area contributed by atoms with E-state index < -0.39 is 0 Å². The summed E-state index contributed by atoms with van der Waals surface area (Å²) in [6, 6.07) is 10.4. The van der Waals surface area contributed by atoms with Crippen LogP contribution in [0.2, 0.25) is 0 Å². The van der Waals surface area contributed by atoms with Crippen molar-refractivity contribution < 1.29 is 9.53 Å². The van der Waals surface area contributed by atoms with Gasteiger partial charge in [-0.3, -0.25) is 9.88 Å². The number of ether oxygens (including phenoxy) is 1. The Labute approximate surface area is 159 Å². The predicted octanol–water partition coefficient (Wildman–Crippen LogP) is 1.40. The predicted molar refractivity (Wildman–Crippen MR) is 106 cm³/mol. The summed E-state index contributed by atoms with van der Waals surface area (Å²) in [5.41, 5.74) is 2.18. The number of amides is 2. The monoisotopic (exact) mass is 369 g/mol. The first-order valence-corrected chi connectivity index (χ1v) is 9.73. The highest BCUT2D eigenvalue weighted by molar-refractivity contribution is 5.90. The van der Waals surface area contributed by atoms with Crippen LogP contribution in [0.25, 0.3) is 10.9 Å². The van der Waals surface area contributed by atoms with E-state index in [1.807, 2.05) is 17.2 Å². The molecule has 0 atom stereocenters. The second kappa shape index (κ2) is 8.54. The normalized spacial score (nSPS) is 18.7. The van der Waals surface area contributed by atoms with Crippen LogP contribution < -0.4 is 10.2 Å². The standard InChI is InChI=1S/C20H27N5O2/c26-20(22-7-8-23-13-15-27-16-14-23)25-11-9-24(10-12-25)18-5-1-3-17-4-2-6-21-19(17)18/h1-6H,7-16H2,(H,22,26). The van der Waals surface area contributed by atoms with Gasteiger partial charge in [-0.2, -0.15) is 0 Å². The van der Waals surface area contributed by atoms with E-state index in [9.17, 15) is 4.79 Å². The number of aromatic nitrogens is 1. The number of pyridine rings is 1. The SMILES string of the molecule is O=C(NCCN1CCOCC1)N1CCN(c2cccc3cccnc23)CC1. The minimum Gasteiger partial charge on any atom is -0.379 e. The number of anilines is 1. The van der Waals surface area contributed by atoms with E-state index in [0.29, 0.717) is 6.54 Å². The molecule has 2 amide bonds. The van der Waals surface area contributed by atoms with Gasteiger partial charge in [0.2, 0.25) is 0 Å². The summed E-state index contributed by atoms with van der Waals surface area (Å²) in [6.45, 7) is 8.17. The molecule has 27 heavy (non-hydrogen) atoms. The number of para-hydroxylation sites is 1. The minimum atomic E-state index is 0.0407. The average Bonchev–Trinajstić information content (AvgIpc) is 2.74. The number of fused-ring (bicyclic) bond motifs is 1. The summed E-state index contributed by atoms with van der Waals surface area (Å²) in [7, 11) is 0. The smallest absolute Gasteiger partial charge is 0.317 e. The summed E-state index contributed by atoms with van der Waals surface area (Å²) >= 11 is 0. The summed E-state index contributed by atoms with van der Waals surface area (Å²) in [5, 5.41) is 4.21. The topological polar surface area (TPSA) is 60.9 Å². The van der Waals surface area contributed by atoms with E-state index in [-0.39, 0.29) is 6.03 Å². The van der Waals surface area contributed by atoms with Crippen molar-refractivity contribution in [3.05, 3.63) is 36.5 Å². The van der Waals surface area contributed by atoms with Gasteiger partial charge in [0.1, 0.15) is 0 Å². The van der Waals surface area contributed by atoms with E-state index in [1.54, 1.807) is 0 Å². The molecule has 0 unspecified atom stereocenters. The lowest BCUT2D eigenvalue weighted by atomic mass is 10.1. The number of hydrogen-bond donors (Lipinski definition) is 1. The molecule has 2 saturated heterocycles. The van der Waals surface area contributed by atoms with Gasteiger partial charge < -0.3 is 19.9 Å². The molecule has 2 fully saturated rings. The molecule has 7 nitrogen and oxygen atoms in total. The van der Waals surface area contributed by atoms with Gasteiger partial charge in [0.25, 0.3) is 0 Å². The minimum absolute atomic E-state index is 0.0407. The number of carbonyl (C=O) groups is 1. The Morgan fingerprint density at radius 1 is 1.04 bits per heavy atom. The van der Waals surface area contributed by atoms with Crippen molar-refractivity contribution in [3.63, 3.8) is 0 Å². The van der Waals surface area contributed by atoms with Gasteiger partial charge in [0.05, 0.1) is 24.4 Å². The molecule has 2 aromatic rings. The third-order valence-corrected chi connectivity index (χ3v) is 5.33. The zero-order valence-corrected chi connectivity index (χ0v) is 15.6. The summed E-state index contributed by atoms with van der Waals surface area (Å²) in [4.78, 5) is 23.5. The maximum absolute atomic E-state index is 12.4. The Bertz CT molecular complexity index is 765. The first-order chi connectivity index (χ1) is 13.3. The van der Waals surface area contributed by atoms with Gasteiger partial charge in [0.15, 0.2) is 0 Å². The highest BCUT2D eigenvalue weighted by Crippen LogP contribution is 2.25. The Hall–Kier alpha value is -2.38. The summed E-state index contributed by atoms with van der Waals surface area (Å²) in [6.07, 6.45) is 1.84. The van der Waals surface area contributed by atoms with Crippen LogP contribution in [-0.2, 0) is 4.74 Å². The zero-order chi connectivity index (χ0) is 18.5.